The molecule has 7 nitrogen and oxygen atoms in total. The highest BCUT2D eigenvalue weighted by atomic mass is 32.1. The van der Waals surface area contributed by atoms with Crippen LogP contribution in [0.2, 0.25) is 0 Å². The van der Waals surface area contributed by atoms with Gasteiger partial charge in [0.25, 0.3) is 5.91 Å². The monoisotopic (exact) mass is 517 g/mol. The Morgan fingerprint density at radius 2 is 1.68 bits per heavy atom. The van der Waals surface area contributed by atoms with E-state index in [1.165, 1.54) is 21.6 Å². The average Bonchev–Trinajstić information content (AvgIpc) is 3.61. The number of amides is 2. The van der Waals surface area contributed by atoms with Crippen LogP contribution in [-0.4, -0.2) is 72.1 Å². The predicted octanol–water partition coefficient (Wildman–Crippen LogP) is 4.11. The quantitative estimate of drug-likeness (QED) is 0.521. The van der Waals surface area contributed by atoms with Crippen LogP contribution in [0.25, 0.3) is 0 Å². The van der Waals surface area contributed by atoms with E-state index in [2.05, 4.69) is 47.5 Å². The Balaban J connectivity index is 1.15. The molecule has 3 aliphatic rings. The number of nitrogens with zero attached hydrogens (tertiary/aromatic N) is 3. The van der Waals surface area contributed by atoms with Crippen molar-refractivity contribution in [2.75, 3.05) is 39.5 Å². The first-order valence-electron chi connectivity index (χ1n) is 12.9. The van der Waals surface area contributed by atoms with Gasteiger partial charge < -0.3 is 19.3 Å². The van der Waals surface area contributed by atoms with Gasteiger partial charge in [-0.05, 0) is 66.6 Å². The SMILES string of the molecule is Cc1ccccc1[C@@H]1c2ccsc2CCN1[C@@H](C)C(=O)N1CCN(C(=O)c2ccc3c(c2)OCO3)CC1. The van der Waals surface area contributed by atoms with Crippen LogP contribution in [0.4, 0.5) is 0 Å². The Labute approximate surface area is 221 Å². The van der Waals surface area contributed by atoms with Gasteiger partial charge in [0.1, 0.15) is 0 Å². The highest BCUT2D eigenvalue weighted by molar-refractivity contribution is 7.10. The van der Waals surface area contributed by atoms with Crippen molar-refractivity contribution in [2.45, 2.75) is 32.4 Å². The summed E-state index contributed by atoms with van der Waals surface area (Å²) in [6.45, 7) is 7.32. The summed E-state index contributed by atoms with van der Waals surface area (Å²) in [5.41, 5.74) is 4.41. The van der Waals surface area contributed by atoms with E-state index in [0.29, 0.717) is 43.2 Å². The number of carbonyl (C=O) groups is 2. The number of piperazine rings is 1. The Kier molecular flexibility index (Phi) is 6.38. The van der Waals surface area contributed by atoms with Crippen LogP contribution in [0, 0.1) is 6.92 Å². The lowest BCUT2D eigenvalue weighted by Crippen LogP contribution is -2.56. The molecule has 2 amide bonds. The molecule has 3 aromatic rings. The third-order valence-corrected chi connectivity index (χ3v) is 8.84. The Morgan fingerprint density at radius 3 is 2.49 bits per heavy atom. The molecule has 1 fully saturated rings. The van der Waals surface area contributed by atoms with Crippen LogP contribution in [0.15, 0.2) is 53.9 Å². The molecule has 2 aromatic carbocycles. The molecule has 1 saturated heterocycles. The standard InChI is InChI=1S/C29H31N3O4S/c1-19-5-3-4-6-22(19)27-23-10-16-37-26(23)9-11-32(27)20(2)28(33)30-12-14-31(15-13-30)29(34)21-7-8-24-25(17-21)36-18-35-24/h3-8,10,16-17,20,27H,9,11-15,18H2,1-2H3/t20-,27+/m0/s1. The highest BCUT2D eigenvalue weighted by Gasteiger charge is 2.38. The fraction of sp³-hybridized carbons (Fsp3) is 0.379. The molecular weight excluding hydrogens is 486 g/mol. The van der Waals surface area contributed by atoms with Gasteiger partial charge in [-0.3, -0.25) is 14.5 Å². The lowest BCUT2D eigenvalue weighted by molar-refractivity contribution is -0.138. The normalized spacial score (nSPS) is 20.0. The van der Waals surface area contributed by atoms with Gasteiger partial charge in [0.2, 0.25) is 12.7 Å². The maximum atomic E-state index is 13.7. The first kappa shape index (κ1) is 24.0. The predicted molar refractivity (Wildman–Crippen MR) is 142 cm³/mol. The summed E-state index contributed by atoms with van der Waals surface area (Å²) in [7, 11) is 0. The van der Waals surface area contributed by atoms with Gasteiger partial charge in [0.15, 0.2) is 11.5 Å². The van der Waals surface area contributed by atoms with Crippen LogP contribution >= 0.6 is 11.3 Å². The molecule has 37 heavy (non-hydrogen) atoms. The Hall–Kier alpha value is -3.36. The lowest BCUT2D eigenvalue weighted by atomic mass is 9.89. The number of aryl methyl sites for hydroxylation is 1. The van der Waals surface area contributed by atoms with Gasteiger partial charge in [-0.25, -0.2) is 0 Å². The van der Waals surface area contributed by atoms with Crippen molar-refractivity contribution in [3.8, 4) is 11.5 Å². The zero-order valence-corrected chi connectivity index (χ0v) is 22.0. The van der Waals surface area contributed by atoms with Crippen molar-refractivity contribution in [1.29, 1.82) is 0 Å². The number of rotatable bonds is 4. The minimum Gasteiger partial charge on any atom is -0.454 e. The largest absolute Gasteiger partial charge is 0.454 e. The molecule has 2 atom stereocenters. The molecule has 4 heterocycles. The fourth-order valence-corrected chi connectivity index (χ4v) is 6.64. The molecule has 192 valence electrons. The molecule has 0 bridgehead atoms. The average molecular weight is 518 g/mol. The molecule has 3 aliphatic heterocycles. The number of carbonyl (C=O) groups excluding carboxylic acids is 2. The molecule has 0 unspecified atom stereocenters. The van der Waals surface area contributed by atoms with Gasteiger partial charge in [-0.1, -0.05) is 24.3 Å². The second-order valence-corrected chi connectivity index (χ2v) is 10.9. The minimum absolute atomic E-state index is 0.0425. The Morgan fingerprint density at radius 1 is 0.919 bits per heavy atom. The number of fused-ring (bicyclic) bond motifs is 2. The second-order valence-electron chi connectivity index (χ2n) is 9.91. The van der Waals surface area contributed by atoms with E-state index in [-0.39, 0.29) is 30.7 Å². The minimum atomic E-state index is -0.256. The van der Waals surface area contributed by atoms with Gasteiger partial charge in [-0.15, -0.1) is 11.3 Å². The van der Waals surface area contributed by atoms with E-state index in [0.717, 1.165) is 13.0 Å². The fourth-order valence-electron chi connectivity index (χ4n) is 5.74. The molecule has 0 radical (unpaired) electrons. The van der Waals surface area contributed by atoms with E-state index < -0.39 is 0 Å². The van der Waals surface area contributed by atoms with E-state index in [1.807, 2.05) is 28.1 Å². The first-order chi connectivity index (χ1) is 18.0. The zero-order chi connectivity index (χ0) is 25.5. The van der Waals surface area contributed by atoms with E-state index >= 15 is 0 Å². The first-order valence-corrected chi connectivity index (χ1v) is 13.7. The van der Waals surface area contributed by atoms with Gasteiger partial charge in [-0.2, -0.15) is 0 Å². The summed E-state index contributed by atoms with van der Waals surface area (Å²) in [4.78, 5) is 34.4. The summed E-state index contributed by atoms with van der Waals surface area (Å²) < 4.78 is 10.8. The summed E-state index contributed by atoms with van der Waals surface area (Å²) >= 11 is 1.81. The number of thiophene rings is 1. The molecule has 6 rings (SSSR count). The van der Waals surface area contributed by atoms with Crippen molar-refractivity contribution in [1.82, 2.24) is 14.7 Å². The van der Waals surface area contributed by atoms with Crippen LogP contribution in [0.1, 0.15) is 44.9 Å². The summed E-state index contributed by atoms with van der Waals surface area (Å²) in [5, 5.41) is 2.17. The van der Waals surface area contributed by atoms with E-state index in [4.69, 9.17) is 9.47 Å². The number of hydrogen-bond acceptors (Lipinski definition) is 6. The molecule has 0 aliphatic carbocycles. The van der Waals surface area contributed by atoms with Gasteiger partial charge in [0, 0.05) is 43.2 Å². The number of benzene rings is 2. The molecular formula is C29H31N3O4S. The highest BCUT2D eigenvalue weighted by Crippen LogP contribution is 2.40. The van der Waals surface area contributed by atoms with Gasteiger partial charge in [0.05, 0.1) is 12.1 Å². The van der Waals surface area contributed by atoms with Crippen molar-refractivity contribution in [3.63, 3.8) is 0 Å². The van der Waals surface area contributed by atoms with E-state index in [9.17, 15) is 9.59 Å². The summed E-state index contributed by atoms with van der Waals surface area (Å²) in [6, 6.07) is 15.8. The maximum Gasteiger partial charge on any atom is 0.254 e. The van der Waals surface area contributed by atoms with Crippen LogP contribution < -0.4 is 9.47 Å². The summed E-state index contributed by atoms with van der Waals surface area (Å²) in [6.07, 6.45) is 0.963. The Bertz CT molecular complexity index is 1330. The van der Waals surface area contributed by atoms with Crippen molar-refractivity contribution < 1.29 is 19.1 Å². The van der Waals surface area contributed by atoms with Crippen molar-refractivity contribution in [2.24, 2.45) is 0 Å². The molecule has 0 saturated carbocycles. The second kappa shape index (κ2) is 9.84. The van der Waals surface area contributed by atoms with Crippen molar-refractivity contribution >= 4 is 23.2 Å². The third-order valence-electron chi connectivity index (χ3n) is 7.84. The molecule has 0 N–H and O–H groups in total. The van der Waals surface area contributed by atoms with Crippen LogP contribution in [0.3, 0.4) is 0 Å². The maximum absolute atomic E-state index is 13.7. The smallest absolute Gasteiger partial charge is 0.254 e. The van der Waals surface area contributed by atoms with E-state index in [1.54, 1.807) is 18.2 Å². The third kappa shape index (κ3) is 4.38. The molecule has 8 heteroatoms. The lowest BCUT2D eigenvalue weighted by Gasteiger charge is -2.43. The van der Waals surface area contributed by atoms with Crippen molar-refractivity contribution in [3.05, 3.63) is 81.0 Å². The number of ether oxygens (including phenoxy) is 2. The van der Waals surface area contributed by atoms with Crippen LogP contribution in [0.5, 0.6) is 11.5 Å². The van der Waals surface area contributed by atoms with Gasteiger partial charge >= 0.3 is 0 Å². The zero-order valence-electron chi connectivity index (χ0n) is 21.2. The number of hydrogen-bond donors (Lipinski definition) is 0. The summed E-state index contributed by atoms with van der Waals surface area (Å²) in [5.74, 6) is 1.36. The topological polar surface area (TPSA) is 62.3 Å². The van der Waals surface area contributed by atoms with Crippen LogP contribution in [-0.2, 0) is 11.2 Å². The molecule has 0 spiro atoms. The molecule has 1 aromatic heterocycles.